The third-order valence-electron chi connectivity index (χ3n) is 4.24. The van der Waals surface area contributed by atoms with Crippen molar-refractivity contribution in [1.82, 2.24) is 5.32 Å². The van der Waals surface area contributed by atoms with E-state index in [0.29, 0.717) is 17.9 Å². The summed E-state index contributed by atoms with van der Waals surface area (Å²) in [6.45, 7) is 2.11. The first-order valence-electron chi connectivity index (χ1n) is 8.60. The van der Waals surface area contributed by atoms with E-state index in [9.17, 15) is 4.79 Å². The van der Waals surface area contributed by atoms with Gasteiger partial charge >= 0.3 is 0 Å². The first-order valence-corrected chi connectivity index (χ1v) is 8.60. The SMILES string of the molecule is COc1ccc2cc(CNC(=O)C(C)Oc3ccc(C#N)cc3)ccc2c1. The van der Waals surface area contributed by atoms with Crippen LogP contribution in [0.3, 0.4) is 0 Å². The maximum atomic E-state index is 12.3. The van der Waals surface area contributed by atoms with Gasteiger partial charge in [0, 0.05) is 6.54 Å². The summed E-state index contributed by atoms with van der Waals surface area (Å²) in [5.74, 6) is 1.17. The molecule has 0 aliphatic carbocycles. The Morgan fingerprint density at radius 2 is 1.70 bits per heavy atom. The molecule has 0 aromatic heterocycles. The molecule has 1 unspecified atom stereocenters. The molecule has 27 heavy (non-hydrogen) atoms. The zero-order valence-electron chi connectivity index (χ0n) is 15.2. The second-order valence-electron chi connectivity index (χ2n) is 6.16. The van der Waals surface area contributed by atoms with Crippen molar-refractivity contribution in [2.75, 3.05) is 7.11 Å². The summed E-state index contributed by atoms with van der Waals surface area (Å²) in [5.41, 5.74) is 1.56. The number of fused-ring (bicyclic) bond motifs is 1. The van der Waals surface area contributed by atoms with Crippen LogP contribution in [0.15, 0.2) is 60.7 Å². The predicted octanol–water partition coefficient (Wildman–Crippen LogP) is 3.80. The Morgan fingerprint density at radius 3 is 2.41 bits per heavy atom. The fourth-order valence-corrected chi connectivity index (χ4v) is 2.71. The largest absolute Gasteiger partial charge is 0.497 e. The molecule has 0 fully saturated rings. The topological polar surface area (TPSA) is 71.3 Å². The third kappa shape index (κ3) is 4.56. The lowest BCUT2D eigenvalue weighted by Crippen LogP contribution is -2.35. The van der Waals surface area contributed by atoms with Gasteiger partial charge in [-0.25, -0.2) is 0 Å². The molecule has 1 amide bonds. The van der Waals surface area contributed by atoms with E-state index in [1.54, 1.807) is 38.3 Å². The molecular weight excluding hydrogens is 340 g/mol. The van der Waals surface area contributed by atoms with Crippen molar-refractivity contribution in [2.24, 2.45) is 0 Å². The number of methoxy groups -OCH3 is 1. The van der Waals surface area contributed by atoms with Crippen molar-refractivity contribution in [1.29, 1.82) is 5.26 Å². The zero-order chi connectivity index (χ0) is 19.2. The summed E-state index contributed by atoms with van der Waals surface area (Å²) in [6, 6.07) is 20.6. The number of nitrogens with zero attached hydrogens (tertiary/aromatic N) is 1. The van der Waals surface area contributed by atoms with Gasteiger partial charge in [0.15, 0.2) is 6.10 Å². The van der Waals surface area contributed by atoms with E-state index in [1.165, 1.54) is 0 Å². The van der Waals surface area contributed by atoms with Crippen LogP contribution in [0.5, 0.6) is 11.5 Å². The lowest BCUT2D eigenvalue weighted by molar-refractivity contribution is -0.127. The van der Waals surface area contributed by atoms with Crippen LogP contribution in [0.4, 0.5) is 0 Å². The standard InChI is InChI=1S/C22H20N2O3/c1-15(27-20-8-4-16(13-23)5-9-20)22(25)24-14-17-3-6-19-12-21(26-2)10-7-18(19)11-17/h3-12,15H,14H2,1-2H3,(H,24,25). The molecule has 0 aliphatic heterocycles. The highest BCUT2D eigenvalue weighted by Gasteiger charge is 2.14. The number of ether oxygens (including phenoxy) is 2. The van der Waals surface area contributed by atoms with Gasteiger partial charge in [-0.2, -0.15) is 5.26 Å². The fraction of sp³-hybridized carbons (Fsp3) is 0.182. The van der Waals surface area contributed by atoms with E-state index < -0.39 is 6.10 Å². The Bertz CT molecular complexity index is 991. The summed E-state index contributed by atoms with van der Waals surface area (Å²) in [4.78, 5) is 12.3. The van der Waals surface area contributed by atoms with Gasteiger partial charge in [0.25, 0.3) is 5.91 Å². The Hall–Kier alpha value is -3.52. The minimum Gasteiger partial charge on any atom is -0.497 e. The molecule has 0 radical (unpaired) electrons. The Kier molecular flexibility index (Phi) is 5.58. The van der Waals surface area contributed by atoms with E-state index in [0.717, 1.165) is 22.1 Å². The average molecular weight is 360 g/mol. The predicted molar refractivity (Wildman–Crippen MR) is 104 cm³/mol. The quantitative estimate of drug-likeness (QED) is 0.726. The van der Waals surface area contributed by atoms with Gasteiger partial charge in [-0.1, -0.05) is 18.2 Å². The Morgan fingerprint density at radius 1 is 1.04 bits per heavy atom. The summed E-state index contributed by atoms with van der Waals surface area (Å²) in [6.07, 6.45) is -0.636. The van der Waals surface area contributed by atoms with Gasteiger partial charge in [0.05, 0.1) is 18.7 Å². The van der Waals surface area contributed by atoms with Crippen LogP contribution in [0.1, 0.15) is 18.1 Å². The van der Waals surface area contributed by atoms with Crippen LogP contribution < -0.4 is 14.8 Å². The normalized spacial score (nSPS) is 11.4. The van der Waals surface area contributed by atoms with Crippen molar-refractivity contribution >= 4 is 16.7 Å². The molecule has 0 aliphatic rings. The van der Waals surface area contributed by atoms with Crippen LogP contribution in [-0.4, -0.2) is 19.1 Å². The molecule has 3 rings (SSSR count). The second-order valence-corrected chi connectivity index (χ2v) is 6.16. The molecule has 0 bridgehead atoms. The number of nitriles is 1. The molecule has 3 aromatic rings. The highest BCUT2D eigenvalue weighted by Crippen LogP contribution is 2.22. The van der Waals surface area contributed by atoms with Crippen molar-refractivity contribution in [3.05, 3.63) is 71.8 Å². The third-order valence-corrected chi connectivity index (χ3v) is 4.24. The van der Waals surface area contributed by atoms with Gasteiger partial charge in [-0.15, -0.1) is 0 Å². The summed E-state index contributed by atoms with van der Waals surface area (Å²) < 4.78 is 10.9. The van der Waals surface area contributed by atoms with Crippen molar-refractivity contribution < 1.29 is 14.3 Å². The van der Waals surface area contributed by atoms with Crippen LogP contribution in [0.25, 0.3) is 10.8 Å². The van der Waals surface area contributed by atoms with Gasteiger partial charge in [-0.3, -0.25) is 4.79 Å². The number of carbonyl (C=O) groups excluding carboxylic acids is 1. The monoisotopic (exact) mass is 360 g/mol. The lowest BCUT2D eigenvalue weighted by atomic mass is 10.1. The highest BCUT2D eigenvalue weighted by molar-refractivity contribution is 5.85. The van der Waals surface area contributed by atoms with E-state index in [2.05, 4.69) is 5.32 Å². The van der Waals surface area contributed by atoms with E-state index in [-0.39, 0.29) is 5.91 Å². The first kappa shape index (κ1) is 18.3. The molecule has 136 valence electrons. The molecule has 1 N–H and O–H groups in total. The van der Waals surface area contributed by atoms with Crippen molar-refractivity contribution in [2.45, 2.75) is 19.6 Å². The number of nitrogens with one attached hydrogen (secondary N) is 1. The molecule has 0 saturated heterocycles. The Balaban J connectivity index is 1.59. The summed E-state index contributed by atoms with van der Waals surface area (Å²) >= 11 is 0. The van der Waals surface area contributed by atoms with Crippen molar-refractivity contribution in [3.63, 3.8) is 0 Å². The maximum Gasteiger partial charge on any atom is 0.261 e. The molecule has 0 spiro atoms. The molecule has 0 heterocycles. The number of benzene rings is 3. The molecule has 0 saturated carbocycles. The molecule has 5 heteroatoms. The number of amides is 1. The fourth-order valence-electron chi connectivity index (χ4n) is 2.71. The van der Waals surface area contributed by atoms with Crippen molar-refractivity contribution in [3.8, 4) is 17.6 Å². The minimum absolute atomic E-state index is 0.200. The number of carbonyl (C=O) groups is 1. The smallest absolute Gasteiger partial charge is 0.261 e. The number of hydrogen-bond acceptors (Lipinski definition) is 4. The van der Waals surface area contributed by atoms with Gasteiger partial charge < -0.3 is 14.8 Å². The lowest BCUT2D eigenvalue weighted by Gasteiger charge is -2.15. The second kappa shape index (κ2) is 8.24. The van der Waals surface area contributed by atoms with Gasteiger partial charge in [0.2, 0.25) is 0 Å². The zero-order valence-corrected chi connectivity index (χ0v) is 15.2. The molecular formula is C22H20N2O3. The van der Waals surface area contributed by atoms with Crippen LogP contribution >= 0.6 is 0 Å². The van der Waals surface area contributed by atoms with Gasteiger partial charge in [0.1, 0.15) is 11.5 Å². The number of rotatable bonds is 6. The van der Waals surface area contributed by atoms with E-state index >= 15 is 0 Å². The number of hydrogen-bond donors (Lipinski definition) is 1. The summed E-state index contributed by atoms with van der Waals surface area (Å²) in [7, 11) is 1.65. The van der Waals surface area contributed by atoms with Crippen LogP contribution in [0, 0.1) is 11.3 Å². The van der Waals surface area contributed by atoms with E-state index in [1.807, 2.05) is 42.5 Å². The van der Waals surface area contributed by atoms with Crippen LogP contribution in [0.2, 0.25) is 0 Å². The summed E-state index contributed by atoms with van der Waals surface area (Å²) in [5, 5.41) is 13.9. The molecule has 1 atom stereocenters. The van der Waals surface area contributed by atoms with Gasteiger partial charge in [-0.05, 0) is 65.7 Å². The average Bonchev–Trinajstić information content (AvgIpc) is 2.71. The maximum absolute atomic E-state index is 12.3. The highest BCUT2D eigenvalue weighted by atomic mass is 16.5. The molecule has 5 nitrogen and oxygen atoms in total. The minimum atomic E-state index is -0.636. The van der Waals surface area contributed by atoms with Crippen LogP contribution in [-0.2, 0) is 11.3 Å². The van der Waals surface area contributed by atoms with E-state index in [4.69, 9.17) is 14.7 Å². The molecule has 3 aromatic carbocycles. The Labute approximate surface area is 158 Å². The first-order chi connectivity index (χ1) is 13.1.